The number of hydrogen-bond donors (Lipinski definition) is 1. The fourth-order valence-electron chi connectivity index (χ4n) is 3.74. The van der Waals surface area contributed by atoms with Crippen LogP contribution in [0, 0.1) is 10.1 Å². The van der Waals surface area contributed by atoms with Crippen molar-refractivity contribution in [3.8, 4) is 0 Å². The zero-order valence-electron chi connectivity index (χ0n) is 16.6. The van der Waals surface area contributed by atoms with Gasteiger partial charge in [0.2, 0.25) is 0 Å². The highest BCUT2D eigenvalue weighted by Crippen LogP contribution is 2.47. The Hall–Kier alpha value is -3.04. The molecule has 0 bridgehead atoms. The monoisotopic (exact) mass is 430 g/mol. The number of carbonyl (C=O) groups excluding carboxylic acids is 1. The van der Waals surface area contributed by atoms with Crippen molar-refractivity contribution >= 4 is 21.6 Å². The summed E-state index contributed by atoms with van der Waals surface area (Å²) in [7, 11) is -4.07. The maximum Gasteiger partial charge on any atom is 0.270 e. The Morgan fingerprint density at radius 1 is 1.20 bits per heavy atom. The molecule has 2 aliphatic rings. The molecular formula is C21H22N2O6S. The second-order valence-electron chi connectivity index (χ2n) is 7.63. The van der Waals surface area contributed by atoms with Crippen LogP contribution in [0.3, 0.4) is 0 Å². The van der Waals surface area contributed by atoms with Crippen molar-refractivity contribution in [1.29, 1.82) is 0 Å². The summed E-state index contributed by atoms with van der Waals surface area (Å²) < 4.78 is 31.3. The zero-order valence-corrected chi connectivity index (χ0v) is 17.4. The van der Waals surface area contributed by atoms with E-state index in [1.54, 1.807) is 12.2 Å². The molecule has 0 amide bonds. The van der Waals surface area contributed by atoms with Gasteiger partial charge in [0.15, 0.2) is 5.78 Å². The van der Waals surface area contributed by atoms with Crippen LogP contribution in [0.25, 0.3) is 0 Å². The molecule has 1 aromatic carbocycles. The van der Waals surface area contributed by atoms with Gasteiger partial charge in [0.25, 0.3) is 15.8 Å². The number of hydrogen-bond acceptors (Lipinski definition) is 6. The van der Waals surface area contributed by atoms with Crippen molar-refractivity contribution in [1.82, 2.24) is 0 Å². The van der Waals surface area contributed by atoms with E-state index in [2.05, 4.69) is 0 Å². The molecule has 9 heteroatoms. The molecule has 1 aliphatic heterocycles. The summed E-state index contributed by atoms with van der Waals surface area (Å²) >= 11 is 0. The lowest BCUT2D eigenvalue weighted by atomic mass is 9.83. The quantitative estimate of drug-likeness (QED) is 0.319. The summed E-state index contributed by atoms with van der Waals surface area (Å²) in [5.74, 6) is -0.692. The molecule has 0 saturated carbocycles. The Morgan fingerprint density at radius 3 is 2.57 bits per heavy atom. The van der Waals surface area contributed by atoms with Gasteiger partial charge in [-0.05, 0) is 36.3 Å². The van der Waals surface area contributed by atoms with Crippen LogP contribution in [0.2, 0.25) is 0 Å². The number of rotatable bonds is 6. The van der Waals surface area contributed by atoms with Crippen LogP contribution in [0.1, 0.15) is 25.8 Å². The first-order valence-electron chi connectivity index (χ1n) is 9.34. The maximum atomic E-state index is 12.2. The van der Waals surface area contributed by atoms with E-state index >= 15 is 0 Å². The lowest BCUT2D eigenvalue weighted by Gasteiger charge is -2.27. The first-order valence-corrected chi connectivity index (χ1v) is 10.9. The highest BCUT2D eigenvalue weighted by molar-refractivity contribution is 7.85. The van der Waals surface area contributed by atoms with E-state index in [1.807, 2.05) is 43.0 Å². The SMILES string of the molecule is CC1(C)/C(=C\C=C2\C=C([N+](=O)[O-])C=CC2=O)N(CCCS(=O)(=O)O)c2ccccc21. The molecule has 0 aromatic heterocycles. The predicted octanol–water partition coefficient (Wildman–Crippen LogP) is 3.17. The molecule has 0 atom stereocenters. The first-order chi connectivity index (χ1) is 14.0. The van der Waals surface area contributed by atoms with Gasteiger partial charge >= 0.3 is 0 Å². The van der Waals surface area contributed by atoms with Crippen molar-refractivity contribution in [2.24, 2.45) is 0 Å². The van der Waals surface area contributed by atoms with E-state index in [1.165, 1.54) is 18.2 Å². The van der Waals surface area contributed by atoms with E-state index in [9.17, 15) is 23.3 Å². The molecule has 30 heavy (non-hydrogen) atoms. The summed E-state index contributed by atoms with van der Waals surface area (Å²) in [4.78, 5) is 24.6. The Morgan fingerprint density at radius 2 is 1.90 bits per heavy atom. The highest BCUT2D eigenvalue weighted by atomic mass is 32.2. The molecule has 0 unspecified atom stereocenters. The van der Waals surface area contributed by atoms with E-state index in [0.717, 1.165) is 16.9 Å². The average Bonchev–Trinajstić information content (AvgIpc) is 2.87. The fourth-order valence-corrected chi connectivity index (χ4v) is 4.23. The summed E-state index contributed by atoms with van der Waals surface area (Å²) in [6, 6.07) is 7.71. The summed E-state index contributed by atoms with van der Waals surface area (Å²) in [6.45, 7) is 4.37. The smallest absolute Gasteiger partial charge is 0.270 e. The molecule has 8 nitrogen and oxygen atoms in total. The molecular weight excluding hydrogens is 408 g/mol. The van der Waals surface area contributed by atoms with Crippen molar-refractivity contribution in [3.05, 3.63) is 87.3 Å². The predicted molar refractivity (Wildman–Crippen MR) is 113 cm³/mol. The molecule has 3 rings (SSSR count). The van der Waals surface area contributed by atoms with Gasteiger partial charge in [-0.15, -0.1) is 0 Å². The van der Waals surface area contributed by atoms with E-state index < -0.39 is 20.5 Å². The standard InChI is InChI=1S/C21H22N2O6S/c1-21(2)17-6-3-4-7-18(17)22(12-5-13-30(27,28)29)20(21)11-8-15-14-16(23(25)26)9-10-19(15)24/h3-4,6-11,14H,5,12-13H2,1-2H3,(H,27,28,29)/b15-8-,20-11+. The molecule has 0 radical (unpaired) electrons. The fraction of sp³-hybridized carbons (Fsp3) is 0.286. The van der Waals surface area contributed by atoms with Crippen molar-refractivity contribution < 1.29 is 22.7 Å². The van der Waals surface area contributed by atoms with Gasteiger partial charge in [-0.2, -0.15) is 8.42 Å². The van der Waals surface area contributed by atoms with E-state index in [4.69, 9.17) is 4.55 Å². The van der Waals surface area contributed by atoms with Gasteiger partial charge in [-0.3, -0.25) is 19.5 Å². The molecule has 1 N–H and O–H groups in total. The van der Waals surface area contributed by atoms with Crippen LogP contribution in [0.4, 0.5) is 5.69 Å². The Bertz CT molecular complexity index is 1130. The Balaban J connectivity index is 2.00. The average molecular weight is 430 g/mol. The van der Waals surface area contributed by atoms with Crippen LogP contribution in [0.5, 0.6) is 0 Å². The second-order valence-corrected chi connectivity index (χ2v) is 9.20. The normalized spacial score (nSPS) is 20.6. The number of anilines is 1. The van der Waals surface area contributed by atoms with Gasteiger partial charge in [0, 0.05) is 41.1 Å². The molecule has 0 spiro atoms. The number of fused-ring (bicyclic) bond motifs is 1. The minimum atomic E-state index is -4.07. The van der Waals surface area contributed by atoms with Crippen LogP contribution >= 0.6 is 0 Å². The Labute approximate surface area is 174 Å². The summed E-state index contributed by atoms with van der Waals surface area (Å²) in [6.07, 6.45) is 7.08. The third kappa shape index (κ3) is 4.42. The minimum absolute atomic E-state index is 0.168. The van der Waals surface area contributed by atoms with Crippen LogP contribution in [-0.2, 0) is 20.3 Å². The van der Waals surface area contributed by atoms with Gasteiger partial charge in [0.05, 0.1) is 10.7 Å². The van der Waals surface area contributed by atoms with Crippen LogP contribution in [0.15, 0.2) is 71.6 Å². The van der Waals surface area contributed by atoms with Crippen molar-refractivity contribution in [2.45, 2.75) is 25.7 Å². The second kappa shape index (κ2) is 8.00. The maximum absolute atomic E-state index is 12.2. The number of carbonyl (C=O) groups is 1. The van der Waals surface area contributed by atoms with Crippen molar-refractivity contribution in [3.63, 3.8) is 0 Å². The largest absolute Gasteiger partial charge is 0.344 e. The molecule has 1 heterocycles. The van der Waals surface area contributed by atoms with Gasteiger partial charge in [-0.1, -0.05) is 32.0 Å². The number of nitrogens with zero attached hydrogens (tertiary/aromatic N) is 2. The number of para-hydroxylation sites is 1. The lowest BCUT2D eigenvalue weighted by molar-refractivity contribution is -0.419. The molecule has 1 aromatic rings. The molecule has 0 fully saturated rings. The van der Waals surface area contributed by atoms with Gasteiger partial charge in [-0.25, -0.2) is 0 Å². The Kier molecular flexibility index (Phi) is 5.78. The number of ketones is 1. The van der Waals surface area contributed by atoms with Crippen LogP contribution < -0.4 is 4.90 Å². The number of benzene rings is 1. The molecule has 0 saturated heterocycles. The third-order valence-corrected chi connectivity index (χ3v) is 6.01. The van der Waals surface area contributed by atoms with E-state index in [0.29, 0.717) is 6.54 Å². The minimum Gasteiger partial charge on any atom is -0.344 e. The molecule has 1 aliphatic carbocycles. The van der Waals surface area contributed by atoms with E-state index in [-0.39, 0.29) is 29.2 Å². The molecule has 158 valence electrons. The van der Waals surface area contributed by atoms with Gasteiger partial charge < -0.3 is 4.90 Å². The zero-order chi connectivity index (χ0) is 22.1. The van der Waals surface area contributed by atoms with Crippen LogP contribution in [-0.4, -0.2) is 36.0 Å². The topological polar surface area (TPSA) is 118 Å². The van der Waals surface area contributed by atoms with Gasteiger partial charge in [0.1, 0.15) is 0 Å². The summed E-state index contributed by atoms with van der Waals surface area (Å²) in [5, 5.41) is 11.0. The first kappa shape index (κ1) is 21.7. The summed E-state index contributed by atoms with van der Waals surface area (Å²) in [5.41, 5.74) is 2.37. The lowest BCUT2D eigenvalue weighted by Crippen LogP contribution is -2.28. The van der Waals surface area contributed by atoms with Crippen molar-refractivity contribution in [2.75, 3.05) is 17.2 Å². The third-order valence-electron chi connectivity index (χ3n) is 5.21. The number of nitro groups is 1. The number of allylic oxidation sites excluding steroid dienone is 7. The highest BCUT2D eigenvalue weighted by Gasteiger charge is 2.39.